The smallest absolute Gasteiger partial charge is 0.126 e. The normalized spacial score (nSPS) is 32.2. The van der Waals surface area contributed by atoms with Gasteiger partial charge in [-0.05, 0) is 31.4 Å². The summed E-state index contributed by atoms with van der Waals surface area (Å²) in [5, 5.41) is 9.40. The fourth-order valence-corrected chi connectivity index (χ4v) is 2.85. The summed E-state index contributed by atoms with van der Waals surface area (Å²) in [6.07, 6.45) is 2.23. The second-order valence-electron chi connectivity index (χ2n) is 4.57. The molecule has 15 heavy (non-hydrogen) atoms. The number of ether oxygens (including phenoxy) is 1. The summed E-state index contributed by atoms with van der Waals surface area (Å²) < 4.78 is 5.57. The number of hydrogen-bond acceptors (Lipinski definition) is 3. The number of aromatic hydroxyl groups is 1. The molecule has 0 bridgehead atoms. The molecule has 1 aromatic carbocycles. The van der Waals surface area contributed by atoms with Crippen molar-refractivity contribution in [3.8, 4) is 11.5 Å². The molecule has 0 amide bonds. The number of rotatable bonds is 1. The van der Waals surface area contributed by atoms with Crippen LogP contribution in [-0.4, -0.2) is 18.3 Å². The first-order chi connectivity index (χ1) is 7.26. The standard InChI is InChI=1S/C12H15NO2/c13-7-8-6-12(8)3-4-15-11-5-9(14)1-2-10(11)12/h1-2,5,8,14H,3-4,6-7,13H2. The van der Waals surface area contributed by atoms with Gasteiger partial charge in [-0.2, -0.15) is 0 Å². The molecule has 1 fully saturated rings. The third-order valence-corrected chi connectivity index (χ3v) is 3.82. The Balaban J connectivity index is 2.05. The maximum atomic E-state index is 9.40. The lowest BCUT2D eigenvalue weighted by Gasteiger charge is -2.27. The predicted octanol–water partition coefficient (Wildman–Crippen LogP) is 1.39. The summed E-state index contributed by atoms with van der Waals surface area (Å²) in [4.78, 5) is 0. The van der Waals surface area contributed by atoms with E-state index >= 15 is 0 Å². The van der Waals surface area contributed by atoms with Gasteiger partial charge in [-0.3, -0.25) is 0 Å². The number of fused-ring (bicyclic) bond motifs is 2. The molecule has 3 N–H and O–H groups in total. The monoisotopic (exact) mass is 205 g/mol. The van der Waals surface area contributed by atoms with Gasteiger partial charge in [-0.1, -0.05) is 6.07 Å². The van der Waals surface area contributed by atoms with Gasteiger partial charge in [0, 0.05) is 17.0 Å². The molecule has 0 aromatic heterocycles. The Bertz CT molecular complexity index is 405. The number of phenolic OH excluding ortho intramolecular Hbond substituents is 1. The number of hydrogen-bond donors (Lipinski definition) is 2. The van der Waals surface area contributed by atoms with Crippen molar-refractivity contribution >= 4 is 0 Å². The maximum Gasteiger partial charge on any atom is 0.126 e. The van der Waals surface area contributed by atoms with E-state index in [0.717, 1.165) is 25.3 Å². The van der Waals surface area contributed by atoms with Crippen molar-refractivity contribution in [1.29, 1.82) is 0 Å². The van der Waals surface area contributed by atoms with E-state index in [4.69, 9.17) is 10.5 Å². The summed E-state index contributed by atoms with van der Waals surface area (Å²) in [5.74, 6) is 1.72. The molecular weight excluding hydrogens is 190 g/mol. The van der Waals surface area contributed by atoms with Gasteiger partial charge in [0.25, 0.3) is 0 Å². The van der Waals surface area contributed by atoms with Crippen LogP contribution in [0.4, 0.5) is 0 Å². The van der Waals surface area contributed by atoms with Gasteiger partial charge in [0.1, 0.15) is 11.5 Å². The number of benzene rings is 1. The number of phenols is 1. The Morgan fingerprint density at radius 3 is 3.13 bits per heavy atom. The predicted molar refractivity (Wildman–Crippen MR) is 57.1 cm³/mol. The first-order valence-corrected chi connectivity index (χ1v) is 5.42. The molecule has 1 aromatic rings. The topological polar surface area (TPSA) is 55.5 Å². The van der Waals surface area contributed by atoms with E-state index in [0.29, 0.717) is 5.92 Å². The van der Waals surface area contributed by atoms with Crippen LogP contribution in [-0.2, 0) is 5.41 Å². The van der Waals surface area contributed by atoms with Crippen LogP contribution in [0, 0.1) is 5.92 Å². The van der Waals surface area contributed by atoms with Crippen LogP contribution in [0.25, 0.3) is 0 Å². The quantitative estimate of drug-likeness (QED) is 0.728. The zero-order valence-electron chi connectivity index (χ0n) is 8.57. The molecule has 1 spiro atoms. The zero-order valence-corrected chi connectivity index (χ0v) is 8.57. The summed E-state index contributed by atoms with van der Waals surface area (Å²) in [6.45, 7) is 1.49. The largest absolute Gasteiger partial charge is 0.508 e. The van der Waals surface area contributed by atoms with E-state index in [2.05, 4.69) is 0 Å². The van der Waals surface area contributed by atoms with E-state index in [9.17, 15) is 5.11 Å². The lowest BCUT2D eigenvalue weighted by molar-refractivity contribution is 0.252. The molecule has 80 valence electrons. The Morgan fingerprint density at radius 2 is 2.40 bits per heavy atom. The third kappa shape index (κ3) is 1.16. The minimum atomic E-state index is 0.260. The summed E-state index contributed by atoms with van der Waals surface area (Å²) >= 11 is 0. The van der Waals surface area contributed by atoms with Crippen molar-refractivity contribution in [3.05, 3.63) is 23.8 Å². The summed E-state index contributed by atoms with van der Waals surface area (Å²) in [7, 11) is 0. The molecule has 2 unspecified atom stereocenters. The van der Waals surface area contributed by atoms with E-state index in [1.165, 1.54) is 12.0 Å². The van der Waals surface area contributed by atoms with E-state index in [-0.39, 0.29) is 11.2 Å². The van der Waals surface area contributed by atoms with Crippen molar-refractivity contribution < 1.29 is 9.84 Å². The van der Waals surface area contributed by atoms with Gasteiger partial charge in [-0.15, -0.1) is 0 Å². The van der Waals surface area contributed by atoms with E-state index < -0.39 is 0 Å². The Hall–Kier alpha value is -1.22. The van der Waals surface area contributed by atoms with Crippen LogP contribution in [0.3, 0.4) is 0 Å². The number of nitrogens with two attached hydrogens (primary N) is 1. The first-order valence-electron chi connectivity index (χ1n) is 5.42. The molecule has 1 heterocycles. The van der Waals surface area contributed by atoms with Gasteiger partial charge in [-0.25, -0.2) is 0 Å². The zero-order chi connectivity index (χ0) is 10.5. The fourth-order valence-electron chi connectivity index (χ4n) is 2.85. The van der Waals surface area contributed by atoms with Gasteiger partial charge in [0.2, 0.25) is 0 Å². The highest BCUT2D eigenvalue weighted by Crippen LogP contribution is 2.60. The molecule has 3 rings (SSSR count). The van der Waals surface area contributed by atoms with Crippen molar-refractivity contribution in [2.24, 2.45) is 11.7 Å². The minimum Gasteiger partial charge on any atom is -0.508 e. The lowest BCUT2D eigenvalue weighted by atomic mass is 9.87. The summed E-state index contributed by atoms with van der Waals surface area (Å²) in [6, 6.07) is 5.43. The van der Waals surface area contributed by atoms with Crippen LogP contribution in [0.15, 0.2) is 18.2 Å². The van der Waals surface area contributed by atoms with Crippen molar-refractivity contribution in [3.63, 3.8) is 0 Å². The molecule has 1 saturated carbocycles. The van der Waals surface area contributed by atoms with Gasteiger partial charge in [0.15, 0.2) is 0 Å². The lowest BCUT2D eigenvalue weighted by Crippen LogP contribution is -2.23. The van der Waals surface area contributed by atoms with E-state index in [1.807, 2.05) is 6.07 Å². The van der Waals surface area contributed by atoms with Crippen LogP contribution in [0.2, 0.25) is 0 Å². The molecule has 1 aliphatic carbocycles. The van der Waals surface area contributed by atoms with Crippen LogP contribution in [0.5, 0.6) is 11.5 Å². The Labute approximate surface area is 88.9 Å². The first kappa shape index (κ1) is 9.04. The molecule has 1 aliphatic heterocycles. The summed E-state index contributed by atoms with van der Waals surface area (Å²) in [5.41, 5.74) is 7.23. The maximum absolute atomic E-state index is 9.40. The highest BCUT2D eigenvalue weighted by molar-refractivity contribution is 5.49. The van der Waals surface area contributed by atoms with Crippen LogP contribution < -0.4 is 10.5 Å². The Morgan fingerprint density at radius 1 is 1.53 bits per heavy atom. The fraction of sp³-hybridized carbons (Fsp3) is 0.500. The van der Waals surface area contributed by atoms with Crippen LogP contribution in [0.1, 0.15) is 18.4 Å². The molecular formula is C12H15NO2. The third-order valence-electron chi connectivity index (χ3n) is 3.82. The van der Waals surface area contributed by atoms with Gasteiger partial charge < -0.3 is 15.6 Å². The molecule has 2 aliphatic rings. The highest BCUT2D eigenvalue weighted by atomic mass is 16.5. The average Bonchev–Trinajstić information content (AvgIpc) is 2.92. The van der Waals surface area contributed by atoms with Crippen molar-refractivity contribution in [2.45, 2.75) is 18.3 Å². The van der Waals surface area contributed by atoms with Crippen molar-refractivity contribution in [1.82, 2.24) is 0 Å². The van der Waals surface area contributed by atoms with E-state index in [1.54, 1.807) is 12.1 Å². The molecule has 3 nitrogen and oxygen atoms in total. The molecule has 0 saturated heterocycles. The van der Waals surface area contributed by atoms with Gasteiger partial charge in [0.05, 0.1) is 6.61 Å². The minimum absolute atomic E-state index is 0.260. The highest BCUT2D eigenvalue weighted by Gasteiger charge is 2.56. The molecule has 0 radical (unpaired) electrons. The average molecular weight is 205 g/mol. The van der Waals surface area contributed by atoms with Crippen LogP contribution >= 0.6 is 0 Å². The SMILES string of the molecule is NCC1CC12CCOc1cc(O)ccc12. The molecule has 3 heteroatoms. The van der Waals surface area contributed by atoms with Crippen molar-refractivity contribution in [2.75, 3.05) is 13.2 Å². The Kier molecular flexibility index (Phi) is 1.74. The second kappa shape index (κ2) is 2.89. The van der Waals surface area contributed by atoms with Gasteiger partial charge >= 0.3 is 0 Å². The second-order valence-corrected chi connectivity index (χ2v) is 4.57. The molecule has 2 atom stereocenters.